The molecular formula is C24H28ClN5O4. The number of carbonyl (C=O) groups excluding carboxylic acids is 1. The van der Waals surface area contributed by atoms with Crippen LogP contribution in [0.5, 0.6) is 0 Å². The van der Waals surface area contributed by atoms with Gasteiger partial charge in [0.1, 0.15) is 18.4 Å². The van der Waals surface area contributed by atoms with Gasteiger partial charge in [-0.25, -0.2) is 4.98 Å². The largest absolute Gasteiger partial charge is 0.480 e. The lowest BCUT2D eigenvalue weighted by atomic mass is 10.2. The number of benzene rings is 1. The maximum Gasteiger partial charge on any atom is 0.322 e. The van der Waals surface area contributed by atoms with E-state index in [9.17, 15) is 14.4 Å². The second kappa shape index (κ2) is 10.3. The molecule has 180 valence electrons. The molecule has 0 spiro atoms. The molecule has 2 aromatic heterocycles. The van der Waals surface area contributed by atoms with Crippen molar-refractivity contribution in [1.29, 1.82) is 0 Å². The molecule has 1 saturated heterocycles. The molecule has 0 saturated carbocycles. The molecular weight excluding hydrogens is 458 g/mol. The lowest BCUT2D eigenvalue weighted by Gasteiger charge is -2.28. The second-order valence-electron chi connectivity index (χ2n) is 8.47. The van der Waals surface area contributed by atoms with Crippen molar-refractivity contribution in [2.24, 2.45) is 0 Å². The van der Waals surface area contributed by atoms with Crippen molar-refractivity contribution in [3.05, 3.63) is 51.9 Å². The van der Waals surface area contributed by atoms with Gasteiger partial charge in [-0.2, -0.15) is 0 Å². The highest BCUT2D eigenvalue weighted by molar-refractivity contribution is 6.30. The minimum atomic E-state index is -1.09. The Bertz CT molecular complexity index is 1250. The highest BCUT2D eigenvalue weighted by Crippen LogP contribution is 2.28. The quantitative estimate of drug-likeness (QED) is 0.450. The maximum atomic E-state index is 13.1. The summed E-state index contributed by atoms with van der Waals surface area (Å²) in [7, 11) is 0. The van der Waals surface area contributed by atoms with E-state index in [4.69, 9.17) is 21.7 Å². The third kappa shape index (κ3) is 4.94. The van der Waals surface area contributed by atoms with Crippen LogP contribution in [0.15, 0.2) is 41.3 Å². The number of hydrogen-bond acceptors (Lipinski definition) is 5. The lowest BCUT2D eigenvalue weighted by Crippen LogP contribution is -2.46. The van der Waals surface area contributed by atoms with E-state index < -0.39 is 18.6 Å². The average Bonchev–Trinajstić information content (AvgIpc) is 3.47. The smallest absolute Gasteiger partial charge is 0.322 e. The Morgan fingerprint density at radius 2 is 2.00 bits per heavy atom. The van der Waals surface area contributed by atoms with Crippen LogP contribution >= 0.6 is 11.6 Å². The van der Waals surface area contributed by atoms with Crippen LogP contribution in [0, 0.1) is 0 Å². The molecule has 3 heterocycles. The molecule has 10 heteroatoms. The first kappa shape index (κ1) is 23.8. The standard InChI is InChI=1S/C24H28ClN5O4/c1-2-3-4-11-29-20(28-12-5-6-19(28)23(34)26-14-22(32)33)13-21(31)30-15-18(27-24(29)30)16-7-9-17(25)10-8-16/h7-10,13,15,19H,2-6,11-12,14H2,1H3,(H,26,34)(H,32,33)/t19-/m0/s1. The number of nitrogens with zero attached hydrogens (tertiary/aromatic N) is 4. The van der Waals surface area contributed by atoms with Crippen molar-refractivity contribution < 1.29 is 14.7 Å². The lowest BCUT2D eigenvalue weighted by molar-refractivity contribution is -0.138. The molecule has 1 aromatic carbocycles. The molecule has 4 rings (SSSR count). The number of amides is 1. The van der Waals surface area contributed by atoms with Gasteiger partial charge < -0.3 is 15.3 Å². The Labute approximate surface area is 202 Å². The monoisotopic (exact) mass is 485 g/mol. The number of aromatic nitrogens is 3. The number of carbonyl (C=O) groups is 2. The predicted octanol–water partition coefficient (Wildman–Crippen LogP) is 3.18. The van der Waals surface area contributed by atoms with Gasteiger partial charge in [-0.15, -0.1) is 0 Å². The van der Waals surface area contributed by atoms with Gasteiger partial charge in [-0.1, -0.05) is 43.5 Å². The van der Waals surface area contributed by atoms with Crippen molar-refractivity contribution in [2.75, 3.05) is 18.0 Å². The first-order valence-corrected chi connectivity index (χ1v) is 11.9. The van der Waals surface area contributed by atoms with Crippen LogP contribution < -0.4 is 15.8 Å². The fraction of sp³-hybridized carbons (Fsp3) is 0.417. The number of hydrogen-bond donors (Lipinski definition) is 2. The van der Waals surface area contributed by atoms with E-state index in [1.54, 1.807) is 24.4 Å². The van der Waals surface area contributed by atoms with Gasteiger partial charge in [0.25, 0.3) is 5.56 Å². The summed E-state index contributed by atoms with van der Waals surface area (Å²) in [6.45, 7) is 2.93. The van der Waals surface area contributed by atoms with Crippen LogP contribution in [0.3, 0.4) is 0 Å². The molecule has 34 heavy (non-hydrogen) atoms. The minimum Gasteiger partial charge on any atom is -0.480 e. The third-order valence-corrected chi connectivity index (χ3v) is 6.34. The summed E-state index contributed by atoms with van der Waals surface area (Å²) in [6.07, 6.45) is 6.04. The Balaban J connectivity index is 1.78. The van der Waals surface area contributed by atoms with Gasteiger partial charge in [-0.3, -0.25) is 23.4 Å². The Morgan fingerprint density at radius 1 is 1.24 bits per heavy atom. The molecule has 2 N–H and O–H groups in total. The highest BCUT2D eigenvalue weighted by Gasteiger charge is 2.33. The summed E-state index contributed by atoms with van der Waals surface area (Å²) < 4.78 is 3.54. The van der Waals surface area contributed by atoms with Gasteiger partial charge in [0.2, 0.25) is 11.7 Å². The zero-order chi connectivity index (χ0) is 24.2. The number of anilines is 1. The van der Waals surface area contributed by atoms with Gasteiger partial charge >= 0.3 is 5.97 Å². The van der Waals surface area contributed by atoms with Crippen molar-refractivity contribution in [1.82, 2.24) is 19.3 Å². The van der Waals surface area contributed by atoms with E-state index in [0.29, 0.717) is 41.8 Å². The number of carboxylic acids is 1. The van der Waals surface area contributed by atoms with Crippen molar-refractivity contribution >= 4 is 35.1 Å². The van der Waals surface area contributed by atoms with Crippen molar-refractivity contribution in [2.45, 2.75) is 51.6 Å². The molecule has 1 fully saturated rings. The van der Waals surface area contributed by atoms with Gasteiger partial charge in [0.05, 0.1) is 5.69 Å². The van der Waals surface area contributed by atoms with E-state index in [1.165, 1.54) is 4.40 Å². The molecule has 0 bridgehead atoms. The first-order chi connectivity index (χ1) is 16.4. The van der Waals surface area contributed by atoms with Crippen LogP contribution in [0.4, 0.5) is 5.82 Å². The van der Waals surface area contributed by atoms with E-state index in [-0.39, 0.29) is 11.5 Å². The number of fused-ring (bicyclic) bond motifs is 1. The fourth-order valence-electron chi connectivity index (χ4n) is 4.41. The van der Waals surface area contributed by atoms with Crippen LogP contribution in [0.25, 0.3) is 17.0 Å². The molecule has 1 amide bonds. The van der Waals surface area contributed by atoms with Crippen LogP contribution in [0.1, 0.15) is 39.0 Å². The number of aliphatic carboxylic acids is 1. The summed E-state index contributed by atoms with van der Waals surface area (Å²) >= 11 is 6.02. The molecule has 0 radical (unpaired) electrons. The van der Waals surface area contributed by atoms with Crippen LogP contribution in [-0.2, 0) is 16.1 Å². The maximum absolute atomic E-state index is 13.1. The van der Waals surface area contributed by atoms with Gasteiger partial charge in [0, 0.05) is 35.9 Å². The third-order valence-electron chi connectivity index (χ3n) is 6.08. The first-order valence-electron chi connectivity index (χ1n) is 11.5. The molecule has 9 nitrogen and oxygen atoms in total. The van der Waals surface area contributed by atoms with Gasteiger partial charge in [0.15, 0.2) is 0 Å². The summed E-state index contributed by atoms with van der Waals surface area (Å²) in [6, 6.07) is 8.30. The topological polar surface area (TPSA) is 109 Å². The van der Waals surface area contributed by atoms with Crippen LogP contribution in [0.2, 0.25) is 5.02 Å². The Hall–Kier alpha value is -3.33. The molecule has 0 unspecified atom stereocenters. The average molecular weight is 486 g/mol. The molecule has 1 aliphatic heterocycles. The summed E-state index contributed by atoms with van der Waals surface area (Å²) in [4.78, 5) is 43.5. The highest BCUT2D eigenvalue weighted by atomic mass is 35.5. The van der Waals surface area contributed by atoms with E-state index >= 15 is 0 Å². The molecule has 0 aliphatic carbocycles. The Kier molecular flexibility index (Phi) is 7.21. The van der Waals surface area contributed by atoms with Gasteiger partial charge in [-0.05, 0) is 31.4 Å². The number of aryl methyl sites for hydroxylation is 1. The summed E-state index contributed by atoms with van der Waals surface area (Å²) in [5, 5.41) is 12.0. The van der Waals surface area contributed by atoms with E-state index in [1.807, 2.05) is 21.6 Å². The number of halogens is 1. The van der Waals surface area contributed by atoms with E-state index in [2.05, 4.69) is 12.2 Å². The number of carboxylic acid groups (broad SMARTS) is 1. The molecule has 1 aliphatic rings. The minimum absolute atomic E-state index is 0.235. The fourth-order valence-corrected chi connectivity index (χ4v) is 4.54. The second-order valence-corrected chi connectivity index (χ2v) is 8.90. The number of rotatable bonds is 9. The zero-order valence-corrected chi connectivity index (χ0v) is 19.8. The molecule has 3 aromatic rings. The number of imidazole rings is 1. The SMILES string of the molecule is CCCCCn1c(N2CCC[C@H]2C(=O)NCC(=O)O)cc(=O)n2cc(-c3ccc(Cl)cc3)nc12. The molecule has 1 atom stereocenters. The normalized spacial score (nSPS) is 15.7. The zero-order valence-electron chi connectivity index (χ0n) is 19.0. The Morgan fingerprint density at radius 3 is 2.71 bits per heavy atom. The van der Waals surface area contributed by atoms with E-state index in [0.717, 1.165) is 31.2 Å². The van der Waals surface area contributed by atoms with Crippen molar-refractivity contribution in [3.63, 3.8) is 0 Å². The predicted molar refractivity (Wildman–Crippen MR) is 130 cm³/mol. The van der Waals surface area contributed by atoms with Crippen LogP contribution in [-0.4, -0.2) is 50.1 Å². The number of nitrogens with one attached hydrogen (secondary N) is 1. The number of unbranched alkanes of at least 4 members (excludes halogenated alkanes) is 2. The summed E-state index contributed by atoms with van der Waals surface area (Å²) in [5.74, 6) is -0.296. The summed E-state index contributed by atoms with van der Waals surface area (Å²) in [5.41, 5.74) is 1.27. The van der Waals surface area contributed by atoms with Crippen molar-refractivity contribution in [3.8, 4) is 11.3 Å².